The van der Waals surface area contributed by atoms with E-state index in [1.54, 1.807) is 13.0 Å². The summed E-state index contributed by atoms with van der Waals surface area (Å²) in [6.45, 7) is 1.75. The van der Waals surface area contributed by atoms with Crippen LogP contribution in [0, 0.1) is 6.92 Å². The highest BCUT2D eigenvalue weighted by Crippen LogP contribution is 2.19. The monoisotopic (exact) mass is 346 g/mol. The lowest BCUT2D eigenvalue weighted by molar-refractivity contribution is 0.102. The highest BCUT2D eigenvalue weighted by molar-refractivity contribution is 9.10. The van der Waals surface area contributed by atoms with Gasteiger partial charge in [-0.2, -0.15) is 0 Å². The van der Waals surface area contributed by atoms with Crippen LogP contribution in [0.15, 0.2) is 39.6 Å². The van der Waals surface area contributed by atoms with E-state index in [9.17, 15) is 9.59 Å². The highest BCUT2D eigenvalue weighted by atomic mass is 79.9. The molecular formula is C14H11BrN4O2. The van der Waals surface area contributed by atoms with E-state index in [-0.39, 0.29) is 5.56 Å². The maximum atomic E-state index is 12.1. The minimum atomic E-state index is -0.505. The van der Waals surface area contributed by atoms with Crippen molar-refractivity contribution in [2.45, 2.75) is 6.92 Å². The van der Waals surface area contributed by atoms with Crippen LogP contribution in [0.5, 0.6) is 0 Å². The minimum Gasteiger partial charge on any atom is -0.326 e. The third-order valence-electron chi connectivity index (χ3n) is 2.98. The molecule has 3 N–H and O–H groups in total. The molecule has 0 aliphatic carbocycles. The summed E-state index contributed by atoms with van der Waals surface area (Å²) in [6.07, 6.45) is 0. The second kappa shape index (κ2) is 5.17. The van der Waals surface area contributed by atoms with Crippen molar-refractivity contribution in [1.82, 2.24) is 15.0 Å². The number of nitrogens with zero attached hydrogens (tertiary/aromatic N) is 1. The third kappa shape index (κ3) is 2.73. The summed E-state index contributed by atoms with van der Waals surface area (Å²) in [4.78, 5) is 33.6. The maximum Gasteiger partial charge on any atom is 0.263 e. The number of carbonyl (C=O) groups is 1. The number of hydrogen-bond acceptors (Lipinski definition) is 3. The number of H-pyrrole nitrogens is 2. The topological polar surface area (TPSA) is 90.6 Å². The van der Waals surface area contributed by atoms with E-state index < -0.39 is 11.5 Å². The van der Waals surface area contributed by atoms with Crippen LogP contribution in [0.4, 0.5) is 5.95 Å². The second-order valence-electron chi connectivity index (χ2n) is 4.59. The van der Waals surface area contributed by atoms with E-state index in [0.29, 0.717) is 11.6 Å². The molecule has 21 heavy (non-hydrogen) atoms. The first-order chi connectivity index (χ1) is 10.0. The summed E-state index contributed by atoms with van der Waals surface area (Å²) in [5, 5.41) is 2.59. The van der Waals surface area contributed by atoms with E-state index in [4.69, 9.17) is 0 Å². The van der Waals surface area contributed by atoms with Gasteiger partial charge in [0.1, 0.15) is 5.56 Å². The summed E-state index contributed by atoms with van der Waals surface area (Å²) in [5.74, 6) is -0.206. The van der Waals surface area contributed by atoms with Gasteiger partial charge in [-0.1, -0.05) is 15.9 Å². The Bertz CT molecular complexity index is 897. The molecule has 0 aliphatic rings. The van der Waals surface area contributed by atoms with Crippen LogP contribution in [0.3, 0.4) is 0 Å². The van der Waals surface area contributed by atoms with E-state index >= 15 is 0 Å². The van der Waals surface area contributed by atoms with Gasteiger partial charge in [-0.25, -0.2) is 4.98 Å². The molecule has 0 fully saturated rings. The number of anilines is 1. The predicted molar refractivity (Wildman–Crippen MR) is 83.5 cm³/mol. The van der Waals surface area contributed by atoms with Gasteiger partial charge in [0.15, 0.2) is 0 Å². The standard InChI is InChI=1S/C14H11BrN4O2/c1-7-2-4-9(12(20)16-7)13(21)19-14-17-10-5-3-8(15)6-11(10)18-14/h2-6H,1H3,(H,16,20)(H2,17,18,19,21). The molecule has 0 aliphatic heterocycles. The molecule has 0 atom stereocenters. The van der Waals surface area contributed by atoms with Crippen LogP contribution in [-0.2, 0) is 0 Å². The van der Waals surface area contributed by atoms with Gasteiger partial charge in [0.25, 0.3) is 11.5 Å². The molecule has 1 aromatic carbocycles. The molecule has 0 saturated heterocycles. The Morgan fingerprint density at radius 3 is 2.81 bits per heavy atom. The van der Waals surface area contributed by atoms with Crippen LogP contribution in [0.2, 0.25) is 0 Å². The quantitative estimate of drug-likeness (QED) is 0.665. The maximum absolute atomic E-state index is 12.1. The van der Waals surface area contributed by atoms with Crippen molar-refractivity contribution in [3.63, 3.8) is 0 Å². The van der Waals surface area contributed by atoms with Crippen molar-refractivity contribution >= 4 is 38.8 Å². The van der Waals surface area contributed by atoms with Gasteiger partial charge in [-0.15, -0.1) is 0 Å². The number of carbonyl (C=O) groups excluding carboxylic acids is 1. The number of rotatable bonds is 2. The van der Waals surface area contributed by atoms with Crippen molar-refractivity contribution < 1.29 is 4.79 Å². The molecule has 1 amide bonds. The number of nitrogens with one attached hydrogen (secondary N) is 3. The Morgan fingerprint density at radius 2 is 2.05 bits per heavy atom. The molecule has 2 aromatic heterocycles. The SMILES string of the molecule is Cc1ccc(C(=O)Nc2nc3ccc(Br)cc3[nH]2)c(=O)[nH]1. The Balaban J connectivity index is 1.90. The third-order valence-corrected chi connectivity index (χ3v) is 3.47. The number of amides is 1. The zero-order valence-corrected chi connectivity index (χ0v) is 12.6. The number of hydrogen-bond donors (Lipinski definition) is 3. The smallest absolute Gasteiger partial charge is 0.263 e. The summed E-state index contributed by atoms with van der Waals surface area (Å²) in [7, 11) is 0. The highest BCUT2D eigenvalue weighted by Gasteiger charge is 2.12. The van der Waals surface area contributed by atoms with Crippen LogP contribution < -0.4 is 10.9 Å². The molecule has 0 bridgehead atoms. The van der Waals surface area contributed by atoms with Crippen molar-refractivity contribution in [2.24, 2.45) is 0 Å². The van der Waals surface area contributed by atoms with Gasteiger partial charge < -0.3 is 9.97 Å². The van der Waals surface area contributed by atoms with E-state index in [0.717, 1.165) is 15.5 Å². The van der Waals surface area contributed by atoms with Gasteiger partial charge in [0.2, 0.25) is 5.95 Å². The lowest BCUT2D eigenvalue weighted by Gasteiger charge is -2.01. The molecule has 6 nitrogen and oxygen atoms in total. The predicted octanol–water partition coefficient (Wildman–Crippen LogP) is 2.57. The average Bonchev–Trinajstić information content (AvgIpc) is 2.79. The number of halogens is 1. The number of benzene rings is 1. The molecule has 7 heteroatoms. The molecule has 2 heterocycles. The number of pyridine rings is 1. The Kier molecular flexibility index (Phi) is 3.34. The first-order valence-corrected chi connectivity index (χ1v) is 6.99. The van der Waals surface area contributed by atoms with E-state index in [2.05, 4.69) is 36.2 Å². The fourth-order valence-electron chi connectivity index (χ4n) is 1.97. The second-order valence-corrected chi connectivity index (χ2v) is 5.50. The lowest BCUT2D eigenvalue weighted by atomic mass is 10.2. The van der Waals surface area contributed by atoms with Crippen LogP contribution in [-0.4, -0.2) is 20.9 Å². The molecule has 106 valence electrons. The normalized spacial score (nSPS) is 10.8. The lowest BCUT2D eigenvalue weighted by Crippen LogP contribution is -2.23. The summed E-state index contributed by atoms with van der Waals surface area (Å²) in [5.41, 5.74) is 1.84. The van der Waals surface area contributed by atoms with E-state index in [1.165, 1.54) is 6.07 Å². The summed E-state index contributed by atoms with van der Waals surface area (Å²) < 4.78 is 0.909. The number of aromatic nitrogens is 3. The first kappa shape index (κ1) is 13.6. The van der Waals surface area contributed by atoms with E-state index in [1.807, 2.05) is 18.2 Å². The molecule has 0 spiro atoms. The molecule has 3 rings (SSSR count). The van der Waals surface area contributed by atoms with Crippen LogP contribution in [0.25, 0.3) is 11.0 Å². The van der Waals surface area contributed by atoms with Crippen LogP contribution >= 0.6 is 15.9 Å². The summed E-state index contributed by atoms with van der Waals surface area (Å²) >= 11 is 3.36. The first-order valence-electron chi connectivity index (χ1n) is 6.19. The largest absolute Gasteiger partial charge is 0.326 e. The van der Waals surface area contributed by atoms with Gasteiger partial charge >= 0.3 is 0 Å². The average molecular weight is 347 g/mol. The molecule has 3 aromatic rings. The van der Waals surface area contributed by atoms with Gasteiger partial charge in [0.05, 0.1) is 11.0 Å². The van der Waals surface area contributed by atoms with Crippen LogP contribution in [0.1, 0.15) is 16.1 Å². The molecule has 0 radical (unpaired) electrons. The Labute approximate surface area is 127 Å². The summed E-state index contributed by atoms with van der Waals surface area (Å²) in [6, 6.07) is 8.70. The fourth-order valence-corrected chi connectivity index (χ4v) is 2.33. The van der Waals surface area contributed by atoms with Crippen molar-refractivity contribution in [3.8, 4) is 0 Å². The van der Waals surface area contributed by atoms with Crippen molar-refractivity contribution in [3.05, 3.63) is 56.4 Å². The van der Waals surface area contributed by atoms with Gasteiger partial charge in [-0.3, -0.25) is 14.9 Å². The number of aryl methyl sites for hydroxylation is 1. The number of fused-ring (bicyclic) bond motifs is 1. The fraction of sp³-hybridized carbons (Fsp3) is 0.0714. The minimum absolute atomic E-state index is 0.0437. The number of imidazole rings is 1. The zero-order chi connectivity index (χ0) is 15.0. The van der Waals surface area contributed by atoms with Crippen molar-refractivity contribution in [2.75, 3.05) is 5.32 Å². The Hall–Kier alpha value is -2.41. The molecule has 0 saturated carbocycles. The van der Waals surface area contributed by atoms with Crippen molar-refractivity contribution in [1.29, 1.82) is 0 Å². The zero-order valence-electron chi connectivity index (χ0n) is 11.0. The molecular weight excluding hydrogens is 336 g/mol. The van der Waals surface area contributed by atoms with Gasteiger partial charge in [-0.05, 0) is 37.3 Å². The van der Waals surface area contributed by atoms with Gasteiger partial charge in [0, 0.05) is 10.2 Å². The Morgan fingerprint density at radius 1 is 1.24 bits per heavy atom. The molecule has 0 unspecified atom stereocenters. The number of aromatic amines is 2.